The van der Waals surface area contributed by atoms with Crippen LogP contribution in [0.15, 0.2) is 18.2 Å². The lowest BCUT2D eigenvalue weighted by Crippen LogP contribution is -2.41. The fourth-order valence-corrected chi connectivity index (χ4v) is 1.63. The number of nitrogens with one attached hydrogen (secondary N) is 1. The summed E-state index contributed by atoms with van der Waals surface area (Å²) in [4.78, 5) is 12.0. The molecule has 1 aromatic carbocycles. The topological polar surface area (TPSA) is 64.3 Å². The lowest BCUT2D eigenvalue weighted by atomic mass is 10.0. The Labute approximate surface area is 112 Å². The quantitative estimate of drug-likeness (QED) is 0.807. The van der Waals surface area contributed by atoms with E-state index in [9.17, 15) is 4.79 Å². The van der Waals surface area contributed by atoms with Crippen LogP contribution in [0.5, 0.6) is 0 Å². The predicted octanol–water partition coefficient (Wildman–Crippen LogP) is 2.32. The Morgan fingerprint density at radius 3 is 2.67 bits per heavy atom. The number of nitrogens with two attached hydrogens (primary N) is 1. The van der Waals surface area contributed by atoms with E-state index < -0.39 is 0 Å². The van der Waals surface area contributed by atoms with Crippen LogP contribution in [0.4, 0.5) is 5.69 Å². The van der Waals surface area contributed by atoms with Crippen molar-refractivity contribution >= 4 is 23.2 Å². The van der Waals surface area contributed by atoms with Gasteiger partial charge in [-0.1, -0.05) is 25.4 Å². The van der Waals surface area contributed by atoms with Crippen LogP contribution in [0.1, 0.15) is 24.2 Å². The number of nitrogen functional groups attached to an aromatic ring is 1. The summed E-state index contributed by atoms with van der Waals surface area (Å²) in [6.45, 7) is 4.53. The number of benzene rings is 1. The third kappa shape index (κ3) is 3.89. The predicted molar refractivity (Wildman–Crippen MR) is 73.8 cm³/mol. The van der Waals surface area contributed by atoms with E-state index in [1.54, 1.807) is 25.3 Å². The highest BCUT2D eigenvalue weighted by Gasteiger charge is 2.17. The van der Waals surface area contributed by atoms with Crippen LogP contribution in [-0.4, -0.2) is 25.7 Å². The van der Waals surface area contributed by atoms with Crippen LogP contribution >= 0.6 is 11.6 Å². The first-order valence-corrected chi connectivity index (χ1v) is 6.18. The fraction of sp³-hybridized carbons (Fsp3) is 0.462. The van der Waals surface area contributed by atoms with Crippen LogP contribution in [0.2, 0.25) is 5.02 Å². The molecule has 1 atom stereocenters. The summed E-state index contributed by atoms with van der Waals surface area (Å²) in [5.74, 6) is 0.118. The number of hydrogen-bond donors (Lipinski definition) is 2. The summed E-state index contributed by atoms with van der Waals surface area (Å²) in [6, 6.07) is 4.81. The molecule has 0 heterocycles. The number of rotatable bonds is 5. The minimum absolute atomic E-state index is 0.0283. The molecule has 0 saturated heterocycles. The SMILES string of the molecule is COCC(NC(=O)c1ccc(Cl)c(N)c1)C(C)C. The Morgan fingerprint density at radius 2 is 2.17 bits per heavy atom. The molecule has 0 spiro atoms. The first-order valence-electron chi connectivity index (χ1n) is 5.80. The molecular weight excluding hydrogens is 252 g/mol. The number of methoxy groups -OCH3 is 1. The summed E-state index contributed by atoms with van der Waals surface area (Å²) in [5.41, 5.74) is 6.57. The van der Waals surface area contributed by atoms with Crippen molar-refractivity contribution in [3.63, 3.8) is 0 Å². The molecule has 4 nitrogen and oxygen atoms in total. The van der Waals surface area contributed by atoms with Crippen LogP contribution in [0, 0.1) is 5.92 Å². The zero-order chi connectivity index (χ0) is 13.7. The van der Waals surface area contributed by atoms with Crippen molar-refractivity contribution in [1.82, 2.24) is 5.32 Å². The van der Waals surface area contributed by atoms with Crippen molar-refractivity contribution in [2.24, 2.45) is 5.92 Å². The van der Waals surface area contributed by atoms with Gasteiger partial charge in [0.25, 0.3) is 5.91 Å². The largest absolute Gasteiger partial charge is 0.398 e. The van der Waals surface area contributed by atoms with Crippen molar-refractivity contribution in [3.05, 3.63) is 28.8 Å². The van der Waals surface area contributed by atoms with E-state index in [0.29, 0.717) is 28.8 Å². The average Bonchev–Trinajstić information content (AvgIpc) is 2.31. The first kappa shape index (κ1) is 14.8. The van der Waals surface area contributed by atoms with Gasteiger partial charge in [-0.05, 0) is 24.1 Å². The van der Waals surface area contributed by atoms with Gasteiger partial charge < -0.3 is 15.8 Å². The zero-order valence-corrected chi connectivity index (χ0v) is 11.6. The maximum Gasteiger partial charge on any atom is 0.251 e. The van der Waals surface area contributed by atoms with Gasteiger partial charge >= 0.3 is 0 Å². The van der Waals surface area contributed by atoms with E-state index in [4.69, 9.17) is 22.1 Å². The van der Waals surface area contributed by atoms with Crippen LogP contribution in [0.25, 0.3) is 0 Å². The Kier molecular flexibility index (Phi) is 5.44. The second kappa shape index (κ2) is 6.61. The minimum Gasteiger partial charge on any atom is -0.398 e. The summed E-state index contributed by atoms with van der Waals surface area (Å²) in [7, 11) is 1.61. The maximum atomic E-state index is 12.0. The summed E-state index contributed by atoms with van der Waals surface area (Å²) in [6.07, 6.45) is 0. The molecule has 0 aliphatic heterocycles. The normalized spacial score (nSPS) is 12.5. The number of carbonyl (C=O) groups excluding carboxylic acids is 1. The molecule has 5 heteroatoms. The van der Waals surface area contributed by atoms with Gasteiger partial charge in [0.2, 0.25) is 0 Å². The van der Waals surface area contributed by atoms with Crippen molar-refractivity contribution in [2.75, 3.05) is 19.5 Å². The van der Waals surface area contributed by atoms with E-state index in [-0.39, 0.29) is 11.9 Å². The van der Waals surface area contributed by atoms with Crippen molar-refractivity contribution in [2.45, 2.75) is 19.9 Å². The zero-order valence-electron chi connectivity index (χ0n) is 10.9. The summed E-state index contributed by atoms with van der Waals surface area (Å²) >= 11 is 5.81. The maximum absolute atomic E-state index is 12.0. The van der Waals surface area contributed by atoms with Crippen LogP contribution in [0.3, 0.4) is 0 Å². The summed E-state index contributed by atoms with van der Waals surface area (Å²) in [5, 5.41) is 3.37. The molecule has 0 aliphatic rings. The molecule has 1 amide bonds. The molecule has 1 rings (SSSR count). The molecule has 3 N–H and O–H groups in total. The van der Waals surface area contributed by atoms with Gasteiger partial charge in [0.05, 0.1) is 23.4 Å². The monoisotopic (exact) mass is 270 g/mol. The second-order valence-electron chi connectivity index (χ2n) is 4.52. The van der Waals surface area contributed by atoms with Gasteiger partial charge in [-0.15, -0.1) is 0 Å². The third-order valence-corrected chi connectivity index (χ3v) is 3.07. The number of carbonyl (C=O) groups is 1. The van der Waals surface area contributed by atoms with E-state index in [1.165, 1.54) is 0 Å². The lowest BCUT2D eigenvalue weighted by Gasteiger charge is -2.21. The highest BCUT2D eigenvalue weighted by Crippen LogP contribution is 2.19. The number of halogens is 1. The number of anilines is 1. The number of hydrogen-bond acceptors (Lipinski definition) is 3. The van der Waals surface area contributed by atoms with E-state index in [2.05, 4.69) is 5.32 Å². The van der Waals surface area contributed by atoms with Crippen LogP contribution in [-0.2, 0) is 4.74 Å². The van der Waals surface area contributed by atoms with Gasteiger partial charge in [0.1, 0.15) is 0 Å². The number of ether oxygens (including phenoxy) is 1. The highest BCUT2D eigenvalue weighted by molar-refractivity contribution is 6.33. The fourth-order valence-electron chi connectivity index (χ4n) is 1.52. The van der Waals surface area contributed by atoms with Gasteiger partial charge in [-0.25, -0.2) is 0 Å². The molecule has 100 valence electrons. The van der Waals surface area contributed by atoms with Gasteiger partial charge in [-0.3, -0.25) is 4.79 Å². The van der Waals surface area contributed by atoms with Crippen molar-refractivity contribution in [3.8, 4) is 0 Å². The van der Waals surface area contributed by atoms with Gasteiger partial charge in [0, 0.05) is 12.7 Å². The Balaban J connectivity index is 2.77. The molecule has 1 unspecified atom stereocenters. The Hall–Kier alpha value is -1.26. The average molecular weight is 271 g/mol. The molecule has 0 bridgehead atoms. The molecule has 0 radical (unpaired) electrons. The molecular formula is C13H19ClN2O2. The molecule has 0 aliphatic carbocycles. The lowest BCUT2D eigenvalue weighted by molar-refractivity contribution is 0.0866. The van der Waals surface area contributed by atoms with Crippen LogP contribution < -0.4 is 11.1 Å². The van der Waals surface area contributed by atoms with Crippen molar-refractivity contribution in [1.29, 1.82) is 0 Å². The standard InChI is InChI=1S/C13H19ClN2O2/c1-8(2)12(7-18-3)16-13(17)9-4-5-10(14)11(15)6-9/h4-6,8,12H,7,15H2,1-3H3,(H,16,17). The minimum atomic E-state index is -0.172. The smallest absolute Gasteiger partial charge is 0.251 e. The Morgan fingerprint density at radius 1 is 1.50 bits per heavy atom. The molecule has 18 heavy (non-hydrogen) atoms. The van der Waals surface area contributed by atoms with E-state index >= 15 is 0 Å². The molecule has 0 fully saturated rings. The number of amides is 1. The molecule has 0 saturated carbocycles. The highest BCUT2D eigenvalue weighted by atomic mass is 35.5. The van der Waals surface area contributed by atoms with Gasteiger partial charge in [-0.2, -0.15) is 0 Å². The van der Waals surface area contributed by atoms with E-state index in [1.807, 2.05) is 13.8 Å². The first-order chi connectivity index (χ1) is 8.45. The van der Waals surface area contributed by atoms with E-state index in [0.717, 1.165) is 0 Å². The Bertz CT molecular complexity index is 421. The van der Waals surface area contributed by atoms with Gasteiger partial charge in [0.15, 0.2) is 0 Å². The molecule has 0 aromatic heterocycles. The summed E-state index contributed by atoms with van der Waals surface area (Å²) < 4.78 is 5.08. The second-order valence-corrected chi connectivity index (χ2v) is 4.92. The third-order valence-electron chi connectivity index (χ3n) is 2.73. The van der Waals surface area contributed by atoms with Crippen molar-refractivity contribution < 1.29 is 9.53 Å². The molecule has 1 aromatic rings.